The highest BCUT2D eigenvalue weighted by Crippen LogP contribution is 2.36. The number of para-hydroxylation sites is 1. The molecule has 5 heteroatoms. The SMILES string of the molecule is O=C1NCN(c2ccccc2)C12CCN(Cc1ccc3cccnc3c1)CC2. The monoisotopic (exact) mass is 372 g/mol. The van der Waals surface area contributed by atoms with Gasteiger partial charge in [-0.1, -0.05) is 36.4 Å². The Balaban J connectivity index is 1.31. The van der Waals surface area contributed by atoms with Gasteiger partial charge in [0.25, 0.3) is 0 Å². The third kappa shape index (κ3) is 2.92. The number of likely N-dealkylation sites (tertiary alicyclic amines) is 1. The summed E-state index contributed by atoms with van der Waals surface area (Å²) in [6.45, 7) is 3.32. The summed E-state index contributed by atoms with van der Waals surface area (Å²) in [4.78, 5) is 21.9. The molecule has 2 fully saturated rings. The van der Waals surface area contributed by atoms with E-state index in [4.69, 9.17) is 0 Å². The molecule has 0 aliphatic carbocycles. The van der Waals surface area contributed by atoms with E-state index in [1.165, 1.54) is 10.9 Å². The van der Waals surface area contributed by atoms with Gasteiger partial charge < -0.3 is 10.2 Å². The number of rotatable bonds is 3. The lowest BCUT2D eigenvalue weighted by Gasteiger charge is -2.43. The van der Waals surface area contributed by atoms with Gasteiger partial charge in [-0.25, -0.2) is 0 Å². The Kier molecular flexibility index (Phi) is 4.24. The first-order valence-electron chi connectivity index (χ1n) is 9.92. The second kappa shape index (κ2) is 6.91. The Morgan fingerprint density at radius 1 is 1.00 bits per heavy atom. The minimum absolute atomic E-state index is 0.172. The fourth-order valence-corrected chi connectivity index (χ4v) is 4.58. The lowest BCUT2D eigenvalue weighted by atomic mass is 9.85. The molecule has 3 aromatic rings. The lowest BCUT2D eigenvalue weighted by molar-refractivity contribution is -0.125. The maximum absolute atomic E-state index is 12.8. The fourth-order valence-electron chi connectivity index (χ4n) is 4.58. The summed E-state index contributed by atoms with van der Waals surface area (Å²) < 4.78 is 0. The molecule has 0 bridgehead atoms. The van der Waals surface area contributed by atoms with E-state index in [0.717, 1.165) is 43.7 Å². The molecule has 142 valence electrons. The predicted molar refractivity (Wildman–Crippen MR) is 111 cm³/mol. The van der Waals surface area contributed by atoms with E-state index >= 15 is 0 Å². The smallest absolute Gasteiger partial charge is 0.247 e. The Labute approximate surface area is 165 Å². The zero-order valence-electron chi connectivity index (χ0n) is 15.8. The van der Waals surface area contributed by atoms with E-state index in [0.29, 0.717) is 6.67 Å². The summed E-state index contributed by atoms with van der Waals surface area (Å²) in [5.41, 5.74) is 3.02. The van der Waals surface area contributed by atoms with Crippen LogP contribution in [-0.4, -0.2) is 41.1 Å². The molecule has 5 nitrogen and oxygen atoms in total. The van der Waals surface area contributed by atoms with Crippen molar-refractivity contribution in [2.45, 2.75) is 24.9 Å². The van der Waals surface area contributed by atoms with Crippen molar-refractivity contribution in [2.75, 3.05) is 24.7 Å². The Bertz CT molecular complexity index is 996. The van der Waals surface area contributed by atoms with Crippen molar-refractivity contribution in [3.05, 3.63) is 72.4 Å². The molecule has 5 rings (SSSR count). The second-order valence-electron chi connectivity index (χ2n) is 7.77. The van der Waals surface area contributed by atoms with Crippen LogP contribution >= 0.6 is 0 Å². The number of aromatic nitrogens is 1. The number of carbonyl (C=O) groups is 1. The number of amides is 1. The van der Waals surface area contributed by atoms with Crippen molar-refractivity contribution in [3.8, 4) is 0 Å². The minimum atomic E-state index is -0.414. The number of nitrogens with zero attached hydrogens (tertiary/aromatic N) is 3. The first-order chi connectivity index (χ1) is 13.7. The fraction of sp³-hybridized carbons (Fsp3) is 0.304. The molecule has 28 heavy (non-hydrogen) atoms. The Morgan fingerprint density at radius 3 is 2.64 bits per heavy atom. The number of nitrogens with one attached hydrogen (secondary N) is 1. The molecule has 2 aliphatic heterocycles. The summed E-state index contributed by atoms with van der Waals surface area (Å²) in [6.07, 6.45) is 3.53. The quantitative estimate of drug-likeness (QED) is 0.767. The summed E-state index contributed by atoms with van der Waals surface area (Å²) in [7, 11) is 0. The predicted octanol–water partition coefficient (Wildman–Crippen LogP) is 3.16. The largest absolute Gasteiger partial charge is 0.339 e. The summed E-state index contributed by atoms with van der Waals surface area (Å²) in [6, 6.07) is 20.8. The van der Waals surface area contributed by atoms with Crippen molar-refractivity contribution in [1.29, 1.82) is 0 Å². The maximum Gasteiger partial charge on any atom is 0.247 e. The average Bonchev–Trinajstić information content (AvgIpc) is 3.06. The van der Waals surface area contributed by atoms with Gasteiger partial charge in [0.1, 0.15) is 5.54 Å². The number of pyridine rings is 1. The zero-order chi connectivity index (χ0) is 19.0. The van der Waals surface area contributed by atoms with Crippen molar-refractivity contribution >= 4 is 22.5 Å². The van der Waals surface area contributed by atoms with E-state index in [1.807, 2.05) is 30.5 Å². The highest BCUT2D eigenvalue weighted by molar-refractivity contribution is 5.93. The molecule has 3 heterocycles. The maximum atomic E-state index is 12.8. The second-order valence-corrected chi connectivity index (χ2v) is 7.77. The molecular weight excluding hydrogens is 348 g/mol. The van der Waals surface area contributed by atoms with Crippen LogP contribution in [0.25, 0.3) is 10.9 Å². The van der Waals surface area contributed by atoms with Gasteiger partial charge in [0, 0.05) is 36.9 Å². The van der Waals surface area contributed by atoms with Crippen LogP contribution in [-0.2, 0) is 11.3 Å². The Morgan fingerprint density at radius 2 is 1.82 bits per heavy atom. The van der Waals surface area contributed by atoms with Gasteiger partial charge in [-0.2, -0.15) is 0 Å². The van der Waals surface area contributed by atoms with Crippen LogP contribution in [0.5, 0.6) is 0 Å². The van der Waals surface area contributed by atoms with Gasteiger partial charge in [0.05, 0.1) is 12.2 Å². The molecule has 0 radical (unpaired) electrons. The van der Waals surface area contributed by atoms with Crippen molar-refractivity contribution in [1.82, 2.24) is 15.2 Å². The molecule has 1 aromatic heterocycles. The lowest BCUT2D eigenvalue weighted by Crippen LogP contribution is -2.56. The van der Waals surface area contributed by atoms with Gasteiger partial charge >= 0.3 is 0 Å². The molecule has 0 unspecified atom stereocenters. The minimum Gasteiger partial charge on any atom is -0.339 e. The van der Waals surface area contributed by atoms with Crippen LogP contribution in [0.3, 0.4) is 0 Å². The highest BCUT2D eigenvalue weighted by Gasteiger charge is 2.50. The van der Waals surface area contributed by atoms with E-state index in [9.17, 15) is 4.79 Å². The van der Waals surface area contributed by atoms with Gasteiger partial charge in [0.15, 0.2) is 0 Å². The normalized spacial score (nSPS) is 19.3. The third-order valence-corrected chi connectivity index (χ3v) is 6.16. The van der Waals surface area contributed by atoms with Crippen LogP contribution < -0.4 is 10.2 Å². The molecular formula is C23H24N4O. The first-order valence-corrected chi connectivity index (χ1v) is 9.92. The zero-order valence-corrected chi connectivity index (χ0v) is 15.8. The molecule has 0 atom stereocenters. The van der Waals surface area contributed by atoms with E-state index in [2.05, 4.69) is 56.5 Å². The average molecular weight is 372 g/mol. The van der Waals surface area contributed by atoms with Crippen LogP contribution in [0.4, 0.5) is 5.69 Å². The van der Waals surface area contributed by atoms with E-state index in [-0.39, 0.29) is 5.91 Å². The topological polar surface area (TPSA) is 48.5 Å². The van der Waals surface area contributed by atoms with Crippen molar-refractivity contribution in [3.63, 3.8) is 0 Å². The van der Waals surface area contributed by atoms with Crippen LogP contribution in [0.2, 0.25) is 0 Å². The van der Waals surface area contributed by atoms with E-state index < -0.39 is 5.54 Å². The van der Waals surface area contributed by atoms with Gasteiger partial charge in [0.2, 0.25) is 5.91 Å². The number of anilines is 1. The van der Waals surface area contributed by atoms with E-state index in [1.54, 1.807) is 0 Å². The first kappa shape index (κ1) is 17.2. The standard InChI is InChI=1S/C23H24N4O/c28-22-23(27(17-25-22)20-6-2-1-3-7-20)10-13-26(14-11-23)16-18-8-9-19-5-4-12-24-21(19)15-18/h1-9,12,15H,10-11,13-14,16-17H2,(H,25,28). The molecule has 1 spiro atoms. The molecule has 0 saturated carbocycles. The summed E-state index contributed by atoms with van der Waals surface area (Å²) in [5.74, 6) is 0.172. The number of hydrogen-bond acceptors (Lipinski definition) is 4. The number of fused-ring (bicyclic) bond motifs is 1. The number of piperidine rings is 1. The summed E-state index contributed by atoms with van der Waals surface area (Å²) >= 11 is 0. The number of carbonyl (C=O) groups excluding carboxylic acids is 1. The molecule has 2 aromatic carbocycles. The molecule has 2 aliphatic rings. The van der Waals surface area contributed by atoms with Crippen LogP contribution in [0.15, 0.2) is 66.9 Å². The summed E-state index contributed by atoms with van der Waals surface area (Å²) in [5, 5.41) is 4.24. The Hall–Kier alpha value is -2.92. The molecule has 2 saturated heterocycles. The van der Waals surface area contributed by atoms with Gasteiger partial charge in [-0.05, 0) is 42.7 Å². The van der Waals surface area contributed by atoms with Crippen molar-refractivity contribution in [2.24, 2.45) is 0 Å². The van der Waals surface area contributed by atoms with Crippen LogP contribution in [0, 0.1) is 0 Å². The number of hydrogen-bond donors (Lipinski definition) is 1. The van der Waals surface area contributed by atoms with Gasteiger partial charge in [-0.15, -0.1) is 0 Å². The molecule has 1 N–H and O–H groups in total. The highest BCUT2D eigenvalue weighted by atomic mass is 16.2. The van der Waals surface area contributed by atoms with Crippen LogP contribution in [0.1, 0.15) is 18.4 Å². The van der Waals surface area contributed by atoms with Gasteiger partial charge in [-0.3, -0.25) is 14.7 Å². The molecule has 1 amide bonds. The number of benzene rings is 2. The van der Waals surface area contributed by atoms with Crippen molar-refractivity contribution < 1.29 is 4.79 Å². The third-order valence-electron chi connectivity index (χ3n) is 6.16.